The molecule has 0 atom stereocenters. The van der Waals surface area contributed by atoms with Crippen LogP contribution in [0.5, 0.6) is 5.75 Å². The first-order chi connectivity index (χ1) is 16.4. The smallest absolute Gasteiger partial charge is 0.271 e. The number of benzene rings is 2. The number of carbonyl (C=O) groups excluding carboxylic acids is 1. The highest BCUT2D eigenvalue weighted by atomic mass is 127. The molecule has 1 amide bonds. The topological polar surface area (TPSA) is 96.6 Å². The number of nitrogens with one attached hydrogen (secondary N) is 1. The molecule has 0 fully saturated rings. The number of rotatable bonds is 4. The van der Waals surface area contributed by atoms with Crippen LogP contribution in [0.1, 0.15) is 45.0 Å². The zero-order valence-corrected chi connectivity index (χ0v) is 21.3. The largest absolute Gasteiger partial charge is 0.507 e. The number of halogens is 1. The summed E-state index contributed by atoms with van der Waals surface area (Å²) in [6.07, 6.45) is 5.67. The average Bonchev–Trinajstić information content (AvgIpc) is 3.20. The second-order valence-electron chi connectivity index (χ2n) is 8.15. The van der Waals surface area contributed by atoms with E-state index in [0.717, 1.165) is 41.6 Å². The zero-order chi connectivity index (χ0) is 23.8. The minimum atomic E-state index is -0.390. The summed E-state index contributed by atoms with van der Waals surface area (Å²) in [6, 6.07) is 11.9. The number of aryl methyl sites for hydroxylation is 3. The molecule has 5 rings (SSSR count). The number of hydrazone groups is 1. The minimum Gasteiger partial charge on any atom is -0.507 e. The molecule has 2 aromatic carbocycles. The highest BCUT2D eigenvalue weighted by Gasteiger charge is 2.22. The lowest BCUT2D eigenvalue weighted by atomic mass is 9.97. The second kappa shape index (κ2) is 9.30. The summed E-state index contributed by atoms with van der Waals surface area (Å²) >= 11 is 3.65. The highest BCUT2D eigenvalue weighted by molar-refractivity contribution is 14.1. The molecule has 2 heterocycles. The van der Waals surface area contributed by atoms with Crippen molar-refractivity contribution in [2.45, 2.75) is 32.6 Å². The van der Waals surface area contributed by atoms with Gasteiger partial charge in [-0.05, 0) is 103 Å². The maximum absolute atomic E-state index is 13.5. The Labute approximate surface area is 213 Å². The molecule has 0 saturated carbocycles. The van der Waals surface area contributed by atoms with E-state index in [-0.39, 0.29) is 17.2 Å². The van der Waals surface area contributed by atoms with Gasteiger partial charge in [-0.1, -0.05) is 6.07 Å². The Hall–Kier alpha value is -3.05. The molecule has 0 bridgehead atoms. The Bertz CT molecular complexity index is 1520. The number of aromatic hydroxyl groups is 1. The summed E-state index contributed by atoms with van der Waals surface area (Å²) in [5, 5.41) is 14.4. The van der Waals surface area contributed by atoms with Gasteiger partial charge in [0.05, 0.1) is 20.9 Å². The van der Waals surface area contributed by atoms with Crippen molar-refractivity contribution in [3.63, 3.8) is 0 Å². The van der Waals surface area contributed by atoms with Gasteiger partial charge in [0, 0.05) is 10.4 Å². The number of phenols is 1. The molecular formula is C25H21IN4O3S. The van der Waals surface area contributed by atoms with Crippen molar-refractivity contribution in [2.75, 3.05) is 0 Å². The monoisotopic (exact) mass is 584 g/mol. The van der Waals surface area contributed by atoms with Crippen molar-refractivity contribution in [3.05, 3.63) is 83.8 Å². The lowest BCUT2D eigenvalue weighted by Crippen LogP contribution is -2.23. The normalized spacial score (nSPS) is 13.4. The molecule has 1 aliphatic rings. The third kappa shape index (κ3) is 4.25. The van der Waals surface area contributed by atoms with Crippen LogP contribution < -0.4 is 11.0 Å². The van der Waals surface area contributed by atoms with Gasteiger partial charge in [0.15, 0.2) is 0 Å². The van der Waals surface area contributed by atoms with Crippen molar-refractivity contribution in [1.82, 2.24) is 15.0 Å². The van der Waals surface area contributed by atoms with E-state index in [1.165, 1.54) is 11.1 Å². The van der Waals surface area contributed by atoms with Crippen LogP contribution in [0, 0.1) is 10.5 Å². The van der Waals surface area contributed by atoms with E-state index in [1.807, 2.05) is 29.5 Å². The van der Waals surface area contributed by atoms with Crippen molar-refractivity contribution < 1.29 is 9.90 Å². The predicted octanol–water partition coefficient (Wildman–Crippen LogP) is 4.71. The first-order valence-corrected chi connectivity index (χ1v) is 12.8. The first-order valence-electron chi connectivity index (χ1n) is 10.9. The van der Waals surface area contributed by atoms with Gasteiger partial charge in [-0.15, -0.1) is 11.3 Å². The first kappa shape index (κ1) is 22.7. The molecule has 0 saturated heterocycles. The van der Waals surface area contributed by atoms with Crippen LogP contribution in [0.15, 0.2) is 52.4 Å². The SMILES string of the molecule is Cc1nc2sc3c(c2c(=O)n1-c1cccc(C(=O)N/N=C/c2ccc(O)c(I)c2)c1)CCCC3. The van der Waals surface area contributed by atoms with Gasteiger partial charge < -0.3 is 5.11 Å². The van der Waals surface area contributed by atoms with Gasteiger partial charge in [0.2, 0.25) is 0 Å². The maximum atomic E-state index is 13.5. The van der Waals surface area contributed by atoms with E-state index in [0.29, 0.717) is 26.0 Å². The fourth-order valence-corrected chi connectivity index (χ4v) is 6.07. The molecule has 4 aromatic rings. The van der Waals surface area contributed by atoms with Gasteiger partial charge >= 0.3 is 0 Å². The number of hydrogen-bond donors (Lipinski definition) is 2. The summed E-state index contributed by atoms with van der Waals surface area (Å²) in [4.78, 5) is 33.0. The molecule has 34 heavy (non-hydrogen) atoms. The Balaban J connectivity index is 1.44. The number of carbonyl (C=O) groups is 1. The third-order valence-electron chi connectivity index (χ3n) is 5.87. The number of hydrogen-bond acceptors (Lipinski definition) is 6. The van der Waals surface area contributed by atoms with Gasteiger partial charge in [0.1, 0.15) is 16.4 Å². The predicted molar refractivity (Wildman–Crippen MR) is 142 cm³/mol. The van der Waals surface area contributed by atoms with E-state index >= 15 is 0 Å². The number of amides is 1. The number of fused-ring (bicyclic) bond motifs is 3. The molecule has 172 valence electrons. The lowest BCUT2D eigenvalue weighted by molar-refractivity contribution is 0.0955. The molecule has 0 radical (unpaired) electrons. The standard InChI is InChI=1S/C25H21IN4O3S/c1-14-28-24-22(18-7-2-3-8-21(18)34-24)25(33)30(14)17-6-4-5-16(12-17)23(32)29-27-13-15-9-10-20(31)19(26)11-15/h4-6,9-13,31H,2-3,7-8H2,1H3,(H,29,32)/b27-13+. The van der Waals surface area contributed by atoms with Crippen LogP contribution in [-0.4, -0.2) is 26.8 Å². The molecule has 2 N–H and O–H groups in total. The highest BCUT2D eigenvalue weighted by Crippen LogP contribution is 2.34. The van der Waals surface area contributed by atoms with Crippen LogP contribution in [0.4, 0.5) is 0 Å². The van der Waals surface area contributed by atoms with E-state index in [1.54, 1.807) is 58.4 Å². The molecule has 1 aliphatic carbocycles. The van der Waals surface area contributed by atoms with Crippen LogP contribution >= 0.6 is 33.9 Å². The number of nitrogens with zero attached hydrogens (tertiary/aromatic N) is 3. The minimum absolute atomic E-state index is 0.0839. The van der Waals surface area contributed by atoms with Crippen LogP contribution in [-0.2, 0) is 12.8 Å². The van der Waals surface area contributed by atoms with E-state index in [2.05, 4.69) is 10.5 Å². The molecule has 9 heteroatoms. The second-order valence-corrected chi connectivity index (χ2v) is 10.4. The Morgan fingerprint density at radius 1 is 1.24 bits per heavy atom. The van der Waals surface area contributed by atoms with Gasteiger partial charge in [-0.2, -0.15) is 5.10 Å². The summed E-state index contributed by atoms with van der Waals surface area (Å²) in [5.41, 5.74) is 5.30. The van der Waals surface area contributed by atoms with Crippen LogP contribution in [0.3, 0.4) is 0 Å². The van der Waals surface area contributed by atoms with E-state index in [9.17, 15) is 14.7 Å². The quantitative estimate of drug-likeness (QED) is 0.206. The van der Waals surface area contributed by atoms with Crippen molar-refractivity contribution in [1.29, 1.82) is 0 Å². The van der Waals surface area contributed by atoms with Crippen molar-refractivity contribution >= 4 is 56.3 Å². The van der Waals surface area contributed by atoms with E-state index in [4.69, 9.17) is 4.98 Å². The summed E-state index contributed by atoms with van der Waals surface area (Å²) in [6.45, 7) is 1.82. The molecule has 0 aliphatic heterocycles. The average molecular weight is 584 g/mol. The van der Waals surface area contributed by atoms with Crippen LogP contribution in [0.25, 0.3) is 15.9 Å². The summed E-state index contributed by atoms with van der Waals surface area (Å²) in [7, 11) is 0. The Morgan fingerprint density at radius 3 is 2.88 bits per heavy atom. The van der Waals surface area contributed by atoms with Gasteiger partial charge in [-0.3, -0.25) is 14.2 Å². The number of aromatic nitrogens is 2. The van der Waals surface area contributed by atoms with E-state index < -0.39 is 0 Å². The molecule has 0 unspecified atom stereocenters. The number of thiophene rings is 1. The fourth-order valence-electron chi connectivity index (χ4n) is 4.23. The zero-order valence-electron chi connectivity index (χ0n) is 18.3. The van der Waals surface area contributed by atoms with Crippen LogP contribution in [0.2, 0.25) is 0 Å². The summed E-state index contributed by atoms with van der Waals surface area (Å²) < 4.78 is 2.28. The Kier molecular flexibility index (Phi) is 6.22. The Morgan fingerprint density at radius 2 is 2.06 bits per heavy atom. The fraction of sp³-hybridized carbons (Fsp3) is 0.200. The number of phenolic OH excluding ortho intramolecular Hbond substituents is 1. The lowest BCUT2D eigenvalue weighted by Gasteiger charge is -2.12. The molecule has 7 nitrogen and oxygen atoms in total. The third-order valence-corrected chi connectivity index (χ3v) is 7.92. The van der Waals surface area contributed by atoms with Crippen molar-refractivity contribution in [3.8, 4) is 11.4 Å². The molecule has 2 aromatic heterocycles. The summed E-state index contributed by atoms with van der Waals surface area (Å²) in [5.74, 6) is 0.396. The van der Waals surface area contributed by atoms with Crippen molar-refractivity contribution in [2.24, 2.45) is 5.10 Å². The molecular weight excluding hydrogens is 563 g/mol. The maximum Gasteiger partial charge on any atom is 0.271 e. The molecule has 0 spiro atoms. The van der Waals surface area contributed by atoms with Gasteiger partial charge in [-0.25, -0.2) is 10.4 Å². The van der Waals surface area contributed by atoms with Gasteiger partial charge in [0.25, 0.3) is 11.5 Å².